The van der Waals surface area contributed by atoms with Gasteiger partial charge < -0.3 is 0 Å². The number of thioether (sulfide) groups is 1. The zero-order valence-electron chi connectivity index (χ0n) is 11.6. The van der Waals surface area contributed by atoms with Gasteiger partial charge in [-0.1, -0.05) is 36.0 Å². The lowest BCUT2D eigenvalue weighted by Gasteiger charge is -2.12. The molecule has 0 unspecified atom stereocenters. The number of carbonyl (C=O) groups excluding carboxylic acids is 1. The Morgan fingerprint density at radius 3 is 2.90 bits per heavy atom. The van der Waals surface area contributed by atoms with Crippen molar-refractivity contribution in [2.45, 2.75) is 48.6 Å². The fourth-order valence-electron chi connectivity index (χ4n) is 2.81. The first-order valence-electron chi connectivity index (χ1n) is 7.39. The van der Waals surface area contributed by atoms with Crippen LogP contribution in [0.3, 0.4) is 0 Å². The smallest absolute Gasteiger partial charge is 0.210 e. The van der Waals surface area contributed by atoms with Crippen molar-refractivity contribution in [1.82, 2.24) is 20.2 Å². The van der Waals surface area contributed by atoms with E-state index in [2.05, 4.69) is 21.6 Å². The summed E-state index contributed by atoms with van der Waals surface area (Å²) in [6, 6.07) is 8.40. The molecule has 0 amide bonds. The number of rotatable bonds is 3. The van der Waals surface area contributed by atoms with Crippen molar-refractivity contribution in [2.24, 2.45) is 0 Å². The molecule has 21 heavy (non-hydrogen) atoms. The predicted molar refractivity (Wildman–Crippen MR) is 79.4 cm³/mol. The van der Waals surface area contributed by atoms with E-state index in [4.69, 9.17) is 0 Å². The highest BCUT2D eigenvalue weighted by molar-refractivity contribution is 8.00. The number of hydrogen-bond acceptors (Lipinski definition) is 5. The van der Waals surface area contributed by atoms with Gasteiger partial charge in [0.15, 0.2) is 5.78 Å². The largest absolute Gasteiger partial charge is 0.293 e. The standard InChI is InChI=1S/C15H16N4OS/c20-14-12-6-2-1-4-10(12)5-3-7-13(14)21-15-16-17-18-19(15)11-8-9-11/h1-2,4,6,11,13H,3,5,7-9H2/t13-/m0/s1. The molecule has 0 aliphatic heterocycles. The number of carbonyl (C=O) groups is 1. The van der Waals surface area contributed by atoms with E-state index < -0.39 is 0 Å². The van der Waals surface area contributed by atoms with Crippen LogP contribution in [0.2, 0.25) is 0 Å². The SMILES string of the molecule is O=C1c2ccccc2CCC[C@@H]1Sc1nnnn1C1CC1. The van der Waals surface area contributed by atoms with Crippen molar-refractivity contribution < 1.29 is 4.79 Å². The number of hydrogen-bond donors (Lipinski definition) is 0. The Labute approximate surface area is 127 Å². The van der Waals surface area contributed by atoms with Crippen LogP contribution in [0.4, 0.5) is 0 Å². The molecule has 1 fully saturated rings. The van der Waals surface area contributed by atoms with Crippen LogP contribution in [-0.2, 0) is 6.42 Å². The van der Waals surface area contributed by atoms with Crippen LogP contribution in [0.15, 0.2) is 29.4 Å². The van der Waals surface area contributed by atoms with Crippen LogP contribution in [0, 0.1) is 0 Å². The van der Waals surface area contributed by atoms with Crippen LogP contribution < -0.4 is 0 Å². The summed E-state index contributed by atoms with van der Waals surface area (Å²) in [4.78, 5) is 12.8. The number of tetrazole rings is 1. The number of ketones is 1. The molecular formula is C15H16N4OS. The third-order valence-electron chi connectivity index (χ3n) is 4.09. The van der Waals surface area contributed by atoms with Crippen molar-refractivity contribution in [2.75, 3.05) is 0 Å². The van der Waals surface area contributed by atoms with Gasteiger partial charge >= 0.3 is 0 Å². The van der Waals surface area contributed by atoms with Gasteiger partial charge in [0.25, 0.3) is 0 Å². The minimum Gasteiger partial charge on any atom is -0.293 e. The van der Waals surface area contributed by atoms with Gasteiger partial charge in [-0.05, 0) is 48.1 Å². The molecule has 0 N–H and O–H groups in total. The fraction of sp³-hybridized carbons (Fsp3) is 0.467. The molecule has 1 saturated carbocycles. The Kier molecular flexibility index (Phi) is 3.25. The number of Topliss-reactive ketones (excluding diaryl/α,β-unsaturated/α-hetero) is 1. The molecule has 5 nitrogen and oxygen atoms in total. The van der Waals surface area contributed by atoms with Gasteiger partial charge in [-0.2, -0.15) is 0 Å². The monoisotopic (exact) mass is 300 g/mol. The van der Waals surface area contributed by atoms with Gasteiger partial charge in [-0.15, -0.1) is 5.10 Å². The highest BCUT2D eigenvalue weighted by atomic mass is 32.2. The molecule has 2 aliphatic carbocycles. The summed E-state index contributed by atoms with van der Waals surface area (Å²) in [5.74, 6) is 0.221. The molecule has 1 aromatic carbocycles. The molecule has 6 heteroatoms. The number of benzene rings is 1. The van der Waals surface area contributed by atoms with Gasteiger partial charge in [0.1, 0.15) is 0 Å². The number of nitrogens with zero attached hydrogens (tertiary/aromatic N) is 4. The third-order valence-corrected chi connectivity index (χ3v) is 5.30. The summed E-state index contributed by atoms with van der Waals surface area (Å²) in [6.45, 7) is 0. The van der Waals surface area contributed by atoms with Gasteiger partial charge in [-0.3, -0.25) is 4.79 Å². The van der Waals surface area contributed by atoms with Gasteiger partial charge in [0.05, 0.1) is 11.3 Å². The van der Waals surface area contributed by atoms with E-state index in [0.29, 0.717) is 6.04 Å². The zero-order valence-corrected chi connectivity index (χ0v) is 12.4. The molecule has 0 spiro atoms. The second kappa shape index (κ2) is 5.26. The summed E-state index contributed by atoms with van der Waals surface area (Å²) < 4.78 is 1.88. The predicted octanol–water partition coefficient (Wildman–Crippen LogP) is 2.69. The summed E-state index contributed by atoms with van der Waals surface area (Å²) >= 11 is 1.53. The topological polar surface area (TPSA) is 60.7 Å². The highest BCUT2D eigenvalue weighted by Gasteiger charge is 2.32. The molecule has 108 valence electrons. The van der Waals surface area contributed by atoms with Crippen molar-refractivity contribution in [1.29, 1.82) is 0 Å². The van der Waals surface area contributed by atoms with E-state index in [1.54, 1.807) is 0 Å². The van der Waals surface area contributed by atoms with E-state index >= 15 is 0 Å². The summed E-state index contributed by atoms with van der Waals surface area (Å²) in [5.41, 5.74) is 2.05. The lowest BCUT2D eigenvalue weighted by Crippen LogP contribution is -2.17. The molecule has 0 bridgehead atoms. The van der Waals surface area contributed by atoms with E-state index in [1.807, 2.05) is 22.9 Å². The van der Waals surface area contributed by atoms with Gasteiger partial charge in [-0.25, -0.2) is 4.68 Å². The number of aryl methyl sites for hydroxylation is 1. The number of aromatic nitrogens is 4. The van der Waals surface area contributed by atoms with Crippen LogP contribution in [0.25, 0.3) is 0 Å². The average molecular weight is 300 g/mol. The maximum atomic E-state index is 12.8. The molecule has 2 aromatic rings. The second-order valence-corrected chi connectivity index (χ2v) is 6.83. The molecule has 1 aromatic heterocycles. The van der Waals surface area contributed by atoms with E-state index in [1.165, 1.54) is 17.3 Å². The molecule has 0 radical (unpaired) electrons. The highest BCUT2D eigenvalue weighted by Crippen LogP contribution is 2.38. The van der Waals surface area contributed by atoms with Gasteiger partial charge in [0, 0.05) is 5.56 Å². The second-order valence-electron chi connectivity index (χ2n) is 5.66. The molecule has 1 atom stereocenters. The zero-order chi connectivity index (χ0) is 14.2. The van der Waals surface area contributed by atoms with Gasteiger partial charge in [0.2, 0.25) is 5.16 Å². The summed E-state index contributed by atoms with van der Waals surface area (Å²) in [7, 11) is 0. The quantitative estimate of drug-likeness (QED) is 0.816. The maximum absolute atomic E-state index is 12.8. The Balaban J connectivity index is 1.60. The minimum atomic E-state index is -0.0721. The summed E-state index contributed by atoms with van der Waals surface area (Å²) in [6.07, 6.45) is 5.17. The molecule has 4 rings (SSSR count). The Morgan fingerprint density at radius 1 is 1.19 bits per heavy atom. The Morgan fingerprint density at radius 2 is 2.05 bits per heavy atom. The van der Waals surface area contributed by atoms with Crippen molar-refractivity contribution in [3.8, 4) is 0 Å². The van der Waals surface area contributed by atoms with E-state index in [-0.39, 0.29) is 11.0 Å². The van der Waals surface area contributed by atoms with E-state index in [9.17, 15) is 4.79 Å². The lowest BCUT2D eigenvalue weighted by molar-refractivity contribution is 0.0988. The molecule has 2 aliphatic rings. The van der Waals surface area contributed by atoms with Crippen LogP contribution >= 0.6 is 11.8 Å². The average Bonchev–Trinajstić information content (AvgIpc) is 3.27. The molecule has 0 saturated heterocycles. The van der Waals surface area contributed by atoms with Crippen molar-refractivity contribution in [3.05, 3.63) is 35.4 Å². The van der Waals surface area contributed by atoms with E-state index in [0.717, 1.165) is 42.8 Å². The number of fused-ring (bicyclic) bond motifs is 1. The minimum absolute atomic E-state index is 0.0721. The maximum Gasteiger partial charge on any atom is 0.210 e. The van der Waals surface area contributed by atoms with Crippen molar-refractivity contribution in [3.63, 3.8) is 0 Å². The van der Waals surface area contributed by atoms with Crippen LogP contribution in [-0.4, -0.2) is 31.2 Å². The third kappa shape index (κ3) is 2.48. The molecular weight excluding hydrogens is 284 g/mol. The van der Waals surface area contributed by atoms with Crippen LogP contribution in [0.5, 0.6) is 0 Å². The fourth-order valence-corrected chi connectivity index (χ4v) is 3.96. The normalized spacial score (nSPS) is 21.9. The first-order chi connectivity index (χ1) is 10.3. The Bertz CT molecular complexity index is 680. The first-order valence-corrected chi connectivity index (χ1v) is 8.27. The summed E-state index contributed by atoms with van der Waals surface area (Å²) in [5, 5.41) is 12.7. The first kappa shape index (κ1) is 13.0. The van der Waals surface area contributed by atoms with Crippen molar-refractivity contribution >= 4 is 17.5 Å². The lowest BCUT2D eigenvalue weighted by atomic mass is 10.0. The van der Waals surface area contributed by atoms with Crippen LogP contribution in [0.1, 0.15) is 47.6 Å². The molecule has 1 heterocycles. The Hall–Kier alpha value is -1.69.